The SMILES string of the molecule is O=C(OCc1cccnc1)C1CC(=O)N(c2ccccc2Cl)C1. The minimum absolute atomic E-state index is 0.124. The number of hydrogen-bond acceptors (Lipinski definition) is 4. The molecular formula is C17H15ClN2O3. The molecule has 0 N–H and O–H groups in total. The van der Waals surface area contributed by atoms with Crippen LogP contribution in [0.2, 0.25) is 5.02 Å². The zero-order chi connectivity index (χ0) is 16.2. The van der Waals surface area contributed by atoms with Crippen LogP contribution in [0.1, 0.15) is 12.0 Å². The summed E-state index contributed by atoms with van der Waals surface area (Å²) in [6.45, 7) is 0.442. The van der Waals surface area contributed by atoms with Crippen molar-refractivity contribution in [3.05, 3.63) is 59.4 Å². The second-order valence-corrected chi connectivity index (χ2v) is 5.73. The summed E-state index contributed by atoms with van der Waals surface area (Å²) in [6, 6.07) is 10.7. The highest BCUT2D eigenvalue weighted by Crippen LogP contribution is 2.31. The minimum atomic E-state index is -0.476. The van der Waals surface area contributed by atoms with Crippen LogP contribution in [-0.2, 0) is 20.9 Å². The number of esters is 1. The summed E-state index contributed by atoms with van der Waals surface area (Å²) in [5.74, 6) is -0.978. The van der Waals surface area contributed by atoms with Crippen LogP contribution in [0.5, 0.6) is 0 Å². The Hall–Kier alpha value is -2.40. The molecule has 6 heteroatoms. The van der Waals surface area contributed by atoms with Gasteiger partial charge in [0.05, 0.1) is 16.6 Å². The first-order valence-corrected chi connectivity index (χ1v) is 7.63. The molecule has 5 nitrogen and oxygen atoms in total. The summed E-state index contributed by atoms with van der Waals surface area (Å²) >= 11 is 6.12. The summed E-state index contributed by atoms with van der Waals surface area (Å²) < 4.78 is 5.28. The number of para-hydroxylation sites is 1. The van der Waals surface area contributed by atoms with E-state index in [1.165, 1.54) is 0 Å². The summed E-state index contributed by atoms with van der Waals surface area (Å²) in [5.41, 5.74) is 1.44. The van der Waals surface area contributed by atoms with Crippen molar-refractivity contribution in [3.8, 4) is 0 Å². The molecule has 3 rings (SSSR count). The van der Waals surface area contributed by atoms with Crippen LogP contribution in [0, 0.1) is 5.92 Å². The lowest BCUT2D eigenvalue weighted by molar-refractivity contribution is -0.149. The highest BCUT2D eigenvalue weighted by atomic mass is 35.5. The number of anilines is 1. The molecule has 23 heavy (non-hydrogen) atoms. The van der Waals surface area contributed by atoms with E-state index in [4.69, 9.17) is 16.3 Å². The first kappa shape index (κ1) is 15.5. The molecule has 1 fully saturated rings. The van der Waals surface area contributed by atoms with Gasteiger partial charge in [0.1, 0.15) is 6.61 Å². The number of aromatic nitrogens is 1. The molecular weight excluding hydrogens is 316 g/mol. The normalized spacial score (nSPS) is 17.3. The van der Waals surface area contributed by atoms with E-state index in [-0.39, 0.29) is 31.4 Å². The van der Waals surface area contributed by atoms with Gasteiger partial charge >= 0.3 is 5.97 Å². The van der Waals surface area contributed by atoms with Crippen molar-refractivity contribution >= 4 is 29.2 Å². The first-order chi connectivity index (χ1) is 11.1. The fraction of sp³-hybridized carbons (Fsp3) is 0.235. The van der Waals surface area contributed by atoms with Crippen LogP contribution in [0.25, 0.3) is 0 Å². The van der Waals surface area contributed by atoms with Gasteiger partial charge in [-0.05, 0) is 18.2 Å². The van der Waals surface area contributed by atoms with Crippen molar-refractivity contribution in [2.24, 2.45) is 5.92 Å². The van der Waals surface area contributed by atoms with Gasteiger partial charge in [0, 0.05) is 30.9 Å². The van der Waals surface area contributed by atoms with Crippen molar-refractivity contribution in [1.82, 2.24) is 4.98 Å². The van der Waals surface area contributed by atoms with E-state index in [1.54, 1.807) is 41.6 Å². The molecule has 0 radical (unpaired) electrons. The van der Waals surface area contributed by atoms with Crippen LogP contribution in [0.15, 0.2) is 48.8 Å². The maximum absolute atomic E-state index is 12.2. The number of benzene rings is 1. The van der Waals surface area contributed by atoms with E-state index in [2.05, 4.69) is 4.98 Å². The average Bonchev–Trinajstić information content (AvgIpc) is 2.96. The van der Waals surface area contributed by atoms with E-state index in [0.717, 1.165) is 5.56 Å². The molecule has 1 aliphatic rings. The van der Waals surface area contributed by atoms with E-state index in [1.807, 2.05) is 12.1 Å². The summed E-state index contributed by atoms with van der Waals surface area (Å²) in [7, 11) is 0. The van der Waals surface area contributed by atoms with Crippen molar-refractivity contribution in [2.75, 3.05) is 11.4 Å². The third-order valence-electron chi connectivity index (χ3n) is 3.71. The minimum Gasteiger partial charge on any atom is -0.460 e. The Bertz CT molecular complexity index is 721. The zero-order valence-electron chi connectivity index (χ0n) is 12.3. The molecule has 1 amide bonds. The Morgan fingerprint density at radius 2 is 2.13 bits per heavy atom. The number of nitrogens with zero attached hydrogens (tertiary/aromatic N) is 2. The van der Waals surface area contributed by atoms with E-state index in [9.17, 15) is 9.59 Å². The van der Waals surface area contributed by atoms with Crippen LogP contribution in [0.4, 0.5) is 5.69 Å². The Morgan fingerprint density at radius 1 is 1.30 bits per heavy atom. The van der Waals surface area contributed by atoms with E-state index in [0.29, 0.717) is 10.7 Å². The molecule has 1 aromatic heterocycles. The van der Waals surface area contributed by atoms with Crippen LogP contribution in [-0.4, -0.2) is 23.4 Å². The molecule has 0 saturated carbocycles. The Kier molecular flexibility index (Phi) is 4.57. The second kappa shape index (κ2) is 6.79. The molecule has 1 saturated heterocycles. The lowest BCUT2D eigenvalue weighted by atomic mass is 10.1. The molecule has 0 aliphatic carbocycles. The van der Waals surface area contributed by atoms with Crippen LogP contribution in [0.3, 0.4) is 0 Å². The number of pyridine rings is 1. The molecule has 1 aromatic carbocycles. The van der Waals surface area contributed by atoms with Gasteiger partial charge < -0.3 is 9.64 Å². The van der Waals surface area contributed by atoms with Gasteiger partial charge in [-0.1, -0.05) is 29.8 Å². The third-order valence-corrected chi connectivity index (χ3v) is 4.03. The quantitative estimate of drug-likeness (QED) is 0.809. The lowest BCUT2D eigenvalue weighted by Crippen LogP contribution is -2.26. The van der Waals surface area contributed by atoms with Gasteiger partial charge in [-0.25, -0.2) is 0 Å². The standard InChI is InChI=1S/C17H15ClN2O3/c18-14-5-1-2-6-15(14)20-10-13(8-16(20)21)17(22)23-11-12-4-3-7-19-9-12/h1-7,9,13H,8,10-11H2. The smallest absolute Gasteiger partial charge is 0.311 e. The van der Waals surface area contributed by atoms with Gasteiger partial charge in [-0.15, -0.1) is 0 Å². The number of amides is 1. The number of carbonyl (C=O) groups excluding carboxylic acids is 2. The lowest BCUT2D eigenvalue weighted by Gasteiger charge is -2.17. The van der Waals surface area contributed by atoms with Crippen molar-refractivity contribution in [3.63, 3.8) is 0 Å². The van der Waals surface area contributed by atoms with Gasteiger partial charge in [0.2, 0.25) is 5.91 Å². The van der Waals surface area contributed by atoms with Gasteiger partial charge in [0.25, 0.3) is 0 Å². The molecule has 0 bridgehead atoms. The molecule has 1 unspecified atom stereocenters. The Labute approximate surface area is 138 Å². The Balaban J connectivity index is 1.63. The Morgan fingerprint density at radius 3 is 2.87 bits per heavy atom. The molecule has 1 aliphatic heterocycles. The van der Waals surface area contributed by atoms with Crippen molar-refractivity contribution < 1.29 is 14.3 Å². The monoisotopic (exact) mass is 330 g/mol. The van der Waals surface area contributed by atoms with E-state index < -0.39 is 5.92 Å². The van der Waals surface area contributed by atoms with Gasteiger partial charge in [0.15, 0.2) is 0 Å². The number of rotatable bonds is 4. The van der Waals surface area contributed by atoms with Crippen LogP contribution >= 0.6 is 11.6 Å². The first-order valence-electron chi connectivity index (χ1n) is 7.25. The number of halogens is 1. The maximum Gasteiger partial charge on any atom is 0.311 e. The predicted molar refractivity (Wildman–Crippen MR) is 85.9 cm³/mol. The molecule has 1 atom stereocenters. The molecule has 2 heterocycles. The second-order valence-electron chi connectivity index (χ2n) is 5.33. The summed E-state index contributed by atoms with van der Waals surface area (Å²) in [4.78, 5) is 29.8. The predicted octanol–water partition coefficient (Wildman–Crippen LogP) is 2.83. The fourth-order valence-electron chi connectivity index (χ4n) is 2.52. The average molecular weight is 331 g/mol. The van der Waals surface area contributed by atoms with E-state index >= 15 is 0 Å². The van der Waals surface area contributed by atoms with Crippen LogP contribution < -0.4 is 4.90 Å². The fourth-order valence-corrected chi connectivity index (χ4v) is 2.76. The van der Waals surface area contributed by atoms with Crippen molar-refractivity contribution in [1.29, 1.82) is 0 Å². The van der Waals surface area contributed by atoms with Gasteiger partial charge in [-0.3, -0.25) is 14.6 Å². The number of carbonyl (C=O) groups is 2. The summed E-state index contributed by atoms with van der Waals surface area (Å²) in [5, 5.41) is 0.491. The van der Waals surface area contributed by atoms with Gasteiger partial charge in [-0.2, -0.15) is 0 Å². The van der Waals surface area contributed by atoms with Crippen molar-refractivity contribution in [2.45, 2.75) is 13.0 Å². The zero-order valence-corrected chi connectivity index (χ0v) is 13.1. The topological polar surface area (TPSA) is 59.5 Å². The number of hydrogen-bond donors (Lipinski definition) is 0. The largest absolute Gasteiger partial charge is 0.460 e. The highest BCUT2D eigenvalue weighted by molar-refractivity contribution is 6.33. The molecule has 2 aromatic rings. The number of ether oxygens (including phenoxy) is 1. The molecule has 118 valence electrons. The molecule has 0 spiro atoms. The maximum atomic E-state index is 12.2. The highest BCUT2D eigenvalue weighted by Gasteiger charge is 2.36. The third kappa shape index (κ3) is 3.51. The summed E-state index contributed by atoms with van der Waals surface area (Å²) in [6.07, 6.45) is 3.43.